The van der Waals surface area contributed by atoms with Gasteiger partial charge in [-0.2, -0.15) is 0 Å². The molecule has 1 aliphatic heterocycles. The van der Waals surface area contributed by atoms with Crippen LogP contribution in [0.5, 0.6) is 0 Å². The Hall–Kier alpha value is -3.49. The Bertz CT molecular complexity index is 1250. The monoisotopic (exact) mass is 417 g/mol. The van der Waals surface area contributed by atoms with E-state index in [2.05, 4.69) is 20.2 Å². The van der Waals surface area contributed by atoms with E-state index in [4.69, 9.17) is 4.74 Å². The van der Waals surface area contributed by atoms with Crippen LogP contribution in [-0.4, -0.2) is 69.7 Å². The van der Waals surface area contributed by atoms with Gasteiger partial charge in [0.05, 0.1) is 24.2 Å². The molecule has 3 aromatic heterocycles. The summed E-state index contributed by atoms with van der Waals surface area (Å²) in [6.45, 7) is 5.12. The van der Waals surface area contributed by atoms with E-state index in [9.17, 15) is 9.90 Å². The second-order valence-electron chi connectivity index (χ2n) is 7.51. The SMILES string of the molecule is O=C(O)c1nc(-c2ccnc(NCCN3CCOCC3)c2)n2c1ccc1ccccc12. The van der Waals surface area contributed by atoms with Crippen molar-refractivity contribution in [3.63, 3.8) is 0 Å². The molecule has 8 nitrogen and oxygen atoms in total. The van der Waals surface area contributed by atoms with Crippen LogP contribution in [0, 0.1) is 0 Å². The zero-order valence-electron chi connectivity index (χ0n) is 17.0. The lowest BCUT2D eigenvalue weighted by molar-refractivity contribution is 0.0398. The molecule has 1 fully saturated rings. The number of hydrogen-bond donors (Lipinski definition) is 2. The number of nitrogens with one attached hydrogen (secondary N) is 1. The topological polar surface area (TPSA) is 92.0 Å². The number of carboxylic acids is 1. The molecule has 0 saturated carbocycles. The fourth-order valence-electron chi connectivity index (χ4n) is 4.02. The summed E-state index contributed by atoms with van der Waals surface area (Å²) in [5.74, 6) is 0.277. The number of hydrogen-bond acceptors (Lipinski definition) is 6. The molecule has 0 atom stereocenters. The Morgan fingerprint density at radius 3 is 2.77 bits per heavy atom. The van der Waals surface area contributed by atoms with Crippen LogP contribution in [0.3, 0.4) is 0 Å². The lowest BCUT2D eigenvalue weighted by atomic mass is 10.2. The first-order valence-electron chi connectivity index (χ1n) is 10.3. The summed E-state index contributed by atoms with van der Waals surface area (Å²) in [5, 5.41) is 14.1. The zero-order chi connectivity index (χ0) is 21.2. The first-order chi connectivity index (χ1) is 15.2. The first-order valence-corrected chi connectivity index (χ1v) is 10.3. The van der Waals surface area contributed by atoms with Gasteiger partial charge in [0.2, 0.25) is 0 Å². The van der Waals surface area contributed by atoms with Crippen molar-refractivity contribution in [3.05, 3.63) is 60.4 Å². The fourth-order valence-corrected chi connectivity index (χ4v) is 4.02. The Labute approximate surface area is 179 Å². The van der Waals surface area contributed by atoms with Gasteiger partial charge in [0.15, 0.2) is 5.69 Å². The summed E-state index contributed by atoms with van der Waals surface area (Å²) < 4.78 is 7.30. The van der Waals surface area contributed by atoms with E-state index in [1.54, 1.807) is 6.20 Å². The third-order valence-electron chi connectivity index (χ3n) is 5.57. The molecule has 0 radical (unpaired) electrons. The molecule has 1 aromatic carbocycles. The first kappa shape index (κ1) is 19.5. The van der Waals surface area contributed by atoms with Gasteiger partial charge in [-0.3, -0.25) is 9.30 Å². The smallest absolute Gasteiger partial charge is 0.356 e. The predicted octanol–water partition coefficient (Wildman–Crippen LogP) is 2.99. The molecule has 0 amide bonds. The molecule has 2 N–H and O–H groups in total. The van der Waals surface area contributed by atoms with E-state index in [1.807, 2.05) is 52.9 Å². The van der Waals surface area contributed by atoms with Gasteiger partial charge >= 0.3 is 5.97 Å². The average molecular weight is 417 g/mol. The minimum Gasteiger partial charge on any atom is -0.476 e. The molecule has 0 spiro atoms. The Morgan fingerprint density at radius 1 is 1.10 bits per heavy atom. The van der Waals surface area contributed by atoms with Crippen LogP contribution in [0.15, 0.2) is 54.7 Å². The van der Waals surface area contributed by atoms with Crippen LogP contribution in [0.4, 0.5) is 5.82 Å². The number of aromatic nitrogens is 3. The largest absolute Gasteiger partial charge is 0.476 e. The number of para-hydroxylation sites is 1. The van der Waals surface area contributed by atoms with Crippen LogP contribution in [0.25, 0.3) is 27.8 Å². The molecule has 0 aliphatic carbocycles. The van der Waals surface area contributed by atoms with Crippen LogP contribution in [0.1, 0.15) is 10.5 Å². The summed E-state index contributed by atoms with van der Waals surface area (Å²) in [7, 11) is 0. The van der Waals surface area contributed by atoms with E-state index in [1.165, 1.54) is 0 Å². The third kappa shape index (κ3) is 3.83. The van der Waals surface area contributed by atoms with Crippen molar-refractivity contribution in [2.24, 2.45) is 0 Å². The highest BCUT2D eigenvalue weighted by Crippen LogP contribution is 2.28. The standard InChI is InChI=1S/C23H23N5O3/c29-23(30)21-19-6-5-16-3-1-2-4-18(16)28(19)22(26-21)17-7-8-24-20(15-17)25-9-10-27-11-13-31-14-12-27/h1-8,15H,9-14H2,(H,24,25)(H,29,30). The fraction of sp³-hybridized carbons (Fsp3) is 0.261. The number of benzene rings is 1. The van der Waals surface area contributed by atoms with Gasteiger partial charge < -0.3 is 15.2 Å². The predicted molar refractivity (Wildman–Crippen MR) is 119 cm³/mol. The molecule has 0 unspecified atom stereocenters. The van der Waals surface area contributed by atoms with Crippen molar-refractivity contribution in [2.75, 3.05) is 44.7 Å². The normalized spacial score (nSPS) is 14.8. The molecule has 1 aliphatic rings. The third-order valence-corrected chi connectivity index (χ3v) is 5.57. The summed E-state index contributed by atoms with van der Waals surface area (Å²) >= 11 is 0. The van der Waals surface area contributed by atoms with Crippen molar-refractivity contribution < 1.29 is 14.6 Å². The number of carboxylic acid groups (broad SMARTS) is 1. The molecule has 31 heavy (non-hydrogen) atoms. The van der Waals surface area contributed by atoms with E-state index < -0.39 is 5.97 Å². The quantitative estimate of drug-likeness (QED) is 0.498. The van der Waals surface area contributed by atoms with Crippen molar-refractivity contribution in [2.45, 2.75) is 0 Å². The highest BCUT2D eigenvalue weighted by Gasteiger charge is 2.19. The molecule has 8 heteroatoms. The van der Waals surface area contributed by atoms with Crippen LogP contribution >= 0.6 is 0 Å². The van der Waals surface area contributed by atoms with Gasteiger partial charge in [-0.25, -0.2) is 14.8 Å². The summed E-state index contributed by atoms with van der Waals surface area (Å²) in [5.41, 5.74) is 2.33. The summed E-state index contributed by atoms with van der Waals surface area (Å²) in [6.07, 6.45) is 1.72. The van der Waals surface area contributed by atoms with E-state index >= 15 is 0 Å². The number of imidazole rings is 1. The van der Waals surface area contributed by atoms with Crippen LogP contribution < -0.4 is 5.32 Å². The number of rotatable bonds is 6. The molecule has 158 valence electrons. The van der Waals surface area contributed by atoms with Gasteiger partial charge in [-0.1, -0.05) is 24.3 Å². The molecular formula is C23H23N5O3. The van der Waals surface area contributed by atoms with E-state index in [-0.39, 0.29) is 5.69 Å². The molecule has 1 saturated heterocycles. The van der Waals surface area contributed by atoms with Crippen molar-refractivity contribution in [3.8, 4) is 11.4 Å². The molecule has 4 heterocycles. The number of morpholine rings is 1. The number of nitrogens with zero attached hydrogens (tertiary/aromatic N) is 4. The maximum Gasteiger partial charge on any atom is 0.356 e. The second kappa shape index (κ2) is 8.33. The molecule has 0 bridgehead atoms. The van der Waals surface area contributed by atoms with Crippen molar-refractivity contribution >= 4 is 28.2 Å². The summed E-state index contributed by atoms with van der Waals surface area (Å²) in [4.78, 5) is 23.1. The number of aromatic carboxylic acids is 1. The maximum absolute atomic E-state index is 11.8. The molecule has 4 aromatic rings. The number of carbonyl (C=O) groups is 1. The zero-order valence-corrected chi connectivity index (χ0v) is 17.0. The van der Waals surface area contributed by atoms with Gasteiger partial charge in [0.1, 0.15) is 11.6 Å². The van der Waals surface area contributed by atoms with Gasteiger partial charge in [-0.15, -0.1) is 0 Å². The minimum absolute atomic E-state index is 0.0411. The molecule has 5 rings (SSSR count). The van der Waals surface area contributed by atoms with Gasteiger partial charge in [-0.05, 0) is 29.7 Å². The Morgan fingerprint density at radius 2 is 1.94 bits per heavy atom. The molecular weight excluding hydrogens is 394 g/mol. The number of anilines is 1. The van der Waals surface area contributed by atoms with Gasteiger partial charge in [0, 0.05) is 37.9 Å². The highest BCUT2D eigenvalue weighted by molar-refractivity contribution is 5.98. The average Bonchev–Trinajstić information content (AvgIpc) is 3.21. The van der Waals surface area contributed by atoms with Crippen molar-refractivity contribution in [1.82, 2.24) is 19.3 Å². The number of ether oxygens (including phenoxy) is 1. The van der Waals surface area contributed by atoms with Crippen LogP contribution in [0.2, 0.25) is 0 Å². The summed E-state index contributed by atoms with van der Waals surface area (Å²) in [6, 6.07) is 15.4. The number of pyridine rings is 2. The minimum atomic E-state index is -1.04. The van der Waals surface area contributed by atoms with Gasteiger partial charge in [0.25, 0.3) is 0 Å². The maximum atomic E-state index is 11.8. The Kier molecular flexibility index (Phi) is 5.23. The van der Waals surface area contributed by atoms with E-state index in [0.717, 1.165) is 61.7 Å². The van der Waals surface area contributed by atoms with Crippen molar-refractivity contribution in [1.29, 1.82) is 0 Å². The Balaban J connectivity index is 1.49. The lowest BCUT2D eigenvalue weighted by Crippen LogP contribution is -2.39. The van der Waals surface area contributed by atoms with E-state index in [0.29, 0.717) is 11.3 Å². The number of fused-ring (bicyclic) bond motifs is 3. The lowest BCUT2D eigenvalue weighted by Gasteiger charge is -2.26. The van der Waals surface area contributed by atoms with Crippen LogP contribution in [-0.2, 0) is 4.74 Å². The second-order valence-corrected chi connectivity index (χ2v) is 7.51. The highest BCUT2D eigenvalue weighted by atomic mass is 16.5.